The minimum absolute atomic E-state index is 0.142. The Morgan fingerprint density at radius 1 is 1.12 bits per heavy atom. The summed E-state index contributed by atoms with van der Waals surface area (Å²) < 4.78 is 33.1. The molecule has 9 heteroatoms. The second-order valence-corrected chi connectivity index (χ2v) is 11.2. The second-order valence-electron chi connectivity index (χ2n) is 8.26. The van der Waals surface area contributed by atoms with Crippen molar-refractivity contribution in [1.82, 2.24) is 9.29 Å². The van der Waals surface area contributed by atoms with Crippen molar-refractivity contribution in [3.8, 4) is 16.3 Å². The third-order valence-corrected chi connectivity index (χ3v) is 9.08. The van der Waals surface area contributed by atoms with Crippen molar-refractivity contribution in [2.45, 2.75) is 44.4 Å². The van der Waals surface area contributed by atoms with E-state index in [-0.39, 0.29) is 10.8 Å². The number of anilines is 1. The summed E-state index contributed by atoms with van der Waals surface area (Å²) in [5.74, 6) is 0.0424. The van der Waals surface area contributed by atoms with E-state index < -0.39 is 10.0 Å². The van der Waals surface area contributed by atoms with Gasteiger partial charge in [0, 0.05) is 18.7 Å². The van der Waals surface area contributed by atoms with Crippen LogP contribution in [0.4, 0.5) is 5.69 Å². The number of nitrogens with zero attached hydrogens (tertiary/aromatic N) is 2. The number of carbonyl (C=O) groups excluding carboxylic acids is 1. The summed E-state index contributed by atoms with van der Waals surface area (Å²) in [4.78, 5) is 18.4. The molecule has 1 amide bonds. The lowest BCUT2D eigenvalue weighted by Gasteiger charge is -2.26. The van der Waals surface area contributed by atoms with Gasteiger partial charge in [-0.15, -0.1) is 11.3 Å². The Morgan fingerprint density at radius 3 is 2.47 bits per heavy atom. The molecule has 0 unspecified atom stereocenters. The molecule has 34 heavy (non-hydrogen) atoms. The highest BCUT2D eigenvalue weighted by molar-refractivity contribution is 7.89. The lowest BCUT2D eigenvalue weighted by molar-refractivity contribution is 0.102. The lowest BCUT2D eigenvalue weighted by atomic mass is 10.1. The van der Waals surface area contributed by atoms with Crippen LogP contribution < -0.4 is 10.1 Å². The summed E-state index contributed by atoms with van der Waals surface area (Å²) in [6, 6.07) is 12.7. The molecule has 0 radical (unpaired) electrons. The zero-order valence-corrected chi connectivity index (χ0v) is 21.3. The predicted molar refractivity (Wildman–Crippen MR) is 135 cm³/mol. The summed E-state index contributed by atoms with van der Waals surface area (Å²) in [6.45, 7) is 4.92. The number of sulfonamides is 1. The predicted octanol–water partition coefficient (Wildman–Crippen LogP) is 5.12. The smallest absolute Gasteiger partial charge is 0.267 e. The van der Waals surface area contributed by atoms with E-state index in [2.05, 4.69) is 29.4 Å². The van der Waals surface area contributed by atoms with Gasteiger partial charge in [0.25, 0.3) is 5.91 Å². The summed E-state index contributed by atoms with van der Waals surface area (Å²) in [5.41, 5.74) is 3.12. The van der Waals surface area contributed by atoms with Crippen LogP contribution in [0.25, 0.3) is 10.6 Å². The molecule has 0 aliphatic carbocycles. The number of carbonyl (C=O) groups is 1. The van der Waals surface area contributed by atoms with Gasteiger partial charge in [-0.1, -0.05) is 37.6 Å². The summed E-state index contributed by atoms with van der Waals surface area (Å²) in [5, 5.41) is 3.60. The third kappa shape index (κ3) is 5.01. The second kappa shape index (κ2) is 10.2. The van der Waals surface area contributed by atoms with Crippen molar-refractivity contribution < 1.29 is 17.9 Å². The van der Waals surface area contributed by atoms with Gasteiger partial charge in [0.05, 0.1) is 23.4 Å². The zero-order valence-electron chi connectivity index (χ0n) is 19.6. The molecule has 7 nitrogen and oxygen atoms in total. The topological polar surface area (TPSA) is 88.6 Å². The summed E-state index contributed by atoms with van der Waals surface area (Å²) >= 11 is 1.31. The maximum atomic E-state index is 13.2. The number of methoxy groups -OCH3 is 1. The fourth-order valence-electron chi connectivity index (χ4n) is 3.99. The van der Waals surface area contributed by atoms with Crippen LogP contribution in [-0.4, -0.2) is 43.8 Å². The normalized spacial score (nSPS) is 14.7. The van der Waals surface area contributed by atoms with Crippen molar-refractivity contribution in [1.29, 1.82) is 0 Å². The van der Waals surface area contributed by atoms with Gasteiger partial charge in [0.1, 0.15) is 15.6 Å². The quantitative estimate of drug-likeness (QED) is 0.488. The van der Waals surface area contributed by atoms with Gasteiger partial charge in [-0.3, -0.25) is 4.79 Å². The summed E-state index contributed by atoms with van der Waals surface area (Å²) in [7, 11) is -2.15. The Labute approximate surface area is 204 Å². The number of benzene rings is 2. The van der Waals surface area contributed by atoms with Crippen LogP contribution in [0, 0.1) is 6.92 Å². The van der Waals surface area contributed by atoms with Gasteiger partial charge in [-0.05, 0) is 49.9 Å². The molecule has 1 aromatic heterocycles. The van der Waals surface area contributed by atoms with Crippen molar-refractivity contribution >= 4 is 33.0 Å². The van der Waals surface area contributed by atoms with E-state index in [1.807, 2.05) is 12.1 Å². The highest BCUT2D eigenvalue weighted by atomic mass is 32.2. The zero-order chi connectivity index (χ0) is 24.3. The van der Waals surface area contributed by atoms with Crippen LogP contribution in [0.15, 0.2) is 47.4 Å². The number of piperidine rings is 1. The van der Waals surface area contributed by atoms with Gasteiger partial charge < -0.3 is 10.1 Å². The van der Waals surface area contributed by atoms with Crippen LogP contribution in [0.5, 0.6) is 5.75 Å². The standard InChI is InChI=1S/C25H29N3O4S2/c1-4-18-8-10-19(11-9-18)25-26-17(2)23(33-25)24(29)27-21-16-20(12-13-22(21)32-3)34(30,31)28-14-6-5-7-15-28/h8-13,16H,4-7,14-15H2,1-3H3,(H,27,29). The third-order valence-electron chi connectivity index (χ3n) is 5.98. The molecule has 3 aromatic rings. The number of aromatic nitrogens is 1. The summed E-state index contributed by atoms with van der Waals surface area (Å²) in [6.07, 6.45) is 3.70. The Kier molecular flexibility index (Phi) is 7.35. The number of rotatable bonds is 7. The molecule has 2 aromatic carbocycles. The molecular weight excluding hydrogens is 470 g/mol. The van der Waals surface area contributed by atoms with E-state index in [0.717, 1.165) is 36.3 Å². The monoisotopic (exact) mass is 499 g/mol. The number of aryl methyl sites for hydroxylation is 2. The number of thiazole rings is 1. The molecule has 180 valence electrons. The van der Waals surface area contributed by atoms with Crippen LogP contribution >= 0.6 is 11.3 Å². The molecule has 1 saturated heterocycles. The van der Waals surface area contributed by atoms with Crippen LogP contribution in [0.3, 0.4) is 0 Å². The molecule has 1 aliphatic heterocycles. The molecular formula is C25H29N3O4S2. The molecule has 1 aliphatic rings. The fourth-order valence-corrected chi connectivity index (χ4v) is 6.50. The van der Waals surface area contributed by atoms with Gasteiger partial charge in [0.15, 0.2) is 0 Å². The van der Waals surface area contributed by atoms with Crippen LogP contribution in [-0.2, 0) is 16.4 Å². The first-order valence-electron chi connectivity index (χ1n) is 11.4. The number of hydrogen-bond donors (Lipinski definition) is 1. The molecule has 0 bridgehead atoms. The number of ether oxygens (including phenoxy) is 1. The number of amides is 1. The van der Waals surface area contributed by atoms with E-state index in [1.54, 1.807) is 13.0 Å². The largest absolute Gasteiger partial charge is 0.495 e. The van der Waals surface area contributed by atoms with Gasteiger partial charge in [-0.2, -0.15) is 4.31 Å². The Balaban J connectivity index is 1.60. The maximum absolute atomic E-state index is 13.2. The van der Waals surface area contributed by atoms with E-state index in [0.29, 0.717) is 35.1 Å². The highest BCUT2D eigenvalue weighted by Crippen LogP contribution is 2.32. The molecule has 0 atom stereocenters. The van der Waals surface area contributed by atoms with Crippen molar-refractivity contribution in [3.63, 3.8) is 0 Å². The Hall–Kier alpha value is -2.75. The minimum atomic E-state index is -3.64. The van der Waals surface area contributed by atoms with Crippen molar-refractivity contribution in [3.05, 3.63) is 58.6 Å². The number of hydrogen-bond acceptors (Lipinski definition) is 6. The molecule has 1 N–H and O–H groups in total. The van der Waals surface area contributed by atoms with Crippen LogP contribution in [0.2, 0.25) is 0 Å². The SMILES string of the molecule is CCc1ccc(-c2nc(C)c(C(=O)Nc3cc(S(=O)(=O)N4CCCCC4)ccc3OC)s2)cc1. The molecule has 0 spiro atoms. The average molecular weight is 500 g/mol. The van der Waals surface area contributed by atoms with Crippen molar-refractivity contribution in [2.24, 2.45) is 0 Å². The van der Waals surface area contributed by atoms with Gasteiger partial charge in [0.2, 0.25) is 10.0 Å². The fraction of sp³-hybridized carbons (Fsp3) is 0.360. The first-order chi connectivity index (χ1) is 16.3. The first-order valence-corrected chi connectivity index (χ1v) is 13.7. The maximum Gasteiger partial charge on any atom is 0.267 e. The van der Waals surface area contributed by atoms with E-state index in [4.69, 9.17) is 4.74 Å². The highest BCUT2D eigenvalue weighted by Gasteiger charge is 2.27. The molecule has 1 fully saturated rings. The van der Waals surface area contributed by atoms with E-state index >= 15 is 0 Å². The van der Waals surface area contributed by atoms with E-state index in [9.17, 15) is 13.2 Å². The van der Waals surface area contributed by atoms with E-state index in [1.165, 1.54) is 40.4 Å². The Morgan fingerprint density at radius 2 is 1.82 bits per heavy atom. The van der Waals surface area contributed by atoms with Gasteiger partial charge >= 0.3 is 0 Å². The Bertz CT molecular complexity index is 1280. The lowest BCUT2D eigenvalue weighted by Crippen LogP contribution is -2.35. The van der Waals surface area contributed by atoms with Crippen LogP contribution in [0.1, 0.15) is 47.1 Å². The van der Waals surface area contributed by atoms with Crippen molar-refractivity contribution in [2.75, 3.05) is 25.5 Å². The molecule has 0 saturated carbocycles. The first kappa shape index (κ1) is 24.4. The number of nitrogens with one attached hydrogen (secondary N) is 1. The molecule has 2 heterocycles. The average Bonchev–Trinajstić information content (AvgIpc) is 3.26. The molecule has 4 rings (SSSR count). The van der Waals surface area contributed by atoms with Gasteiger partial charge in [-0.25, -0.2) is 13.4 Å². The minimum Gasteiger partial charge on any atom is -0.495 e.